The maximum Gasteiger partial charge on any atom is 0.323 e. The van der Waals surface area contributed by atoms with E-state index in [4.69, 9.17) is 0 Å². The number of aromatic nitrogens is 1. The van der Waals surface area contributed by atoms with Crippen molar-refractivity contribution in [2.24, 2.45) is 0 Å². The summed E-state index contributed by atoms with van der Waals surface area (Å²) in [6, 6.07) is 23.6. The van der Waals surface area contributed by atoms with Crippen molar-refractivity contribution in [3.05, 3.63) is 82.8 Å². The zero-order valence-corrected chi connectivity index (χ0v) is 17.0. The summed E-state index contributed by atoms with van der Waals surface area (Å²) in [5.41, 5.74) is 5.68. The van der Waals surface area contributed by atoms with Crippen LogP contribution in [-0.2, 0) is 6.42 Å². The molecule has 28 heavy (non-hydrogen) atoms. The van der Waals surface area contributed by atoms with Crippen LogP contribution in [0.25, 0.3) is 22.2 Å². The molecule has 0 radical (unpaired) electrons. The summed E-state index contributed by atoms with van der Waals surface area (Å²) >= 11 is 3.42. The molecule has 0 aliphatic rings. The van der Waals surface area contributed by atoms with E-state index in [0.29, 0.717) is 0 Å². The number of nitrogens with one attached hydrogen (secondary N) is 3. The van der Waals surface area contributed by atoms with Crippen LogP contribution in [0.3, 0.4) is 0 Å². The SMILES string of the molecule is CCc1ccc(-c2[nH]c3ccccc3c2NC(=O)Nc2cccc(Br)c2)cc1. The lowest BCUT2D eigenvalue weighted by Crippen LogP contribution is -2.19. The summed E-state index contributed by atoms with van der Waals surface area (Å²) in [5, 5.41) is 6.89. The molecule has 0 saturated carbocycles. The Morgan fingerprint density at radius 1 is 0.964 bits per heavy atom. The summed E-state index contributed by atoms with van der Waals surface area (Å²) < 4.78 is 0.911. The van der Waals surface area contributed by atoms with Gasteiger partial charge in [-0.3, -0.25) is 0 Å². The number of halogens is 1. The first-order chi connectivity index (χ1) is 13.6. The van der Waals surface area contributed by atoms with E-state index in [0.717, 1.165) is 44.4 Å². The van der Waals surface area contributed by atoms with Gasteiger partial charge in [0.15, 0.2) is 0 Å². The lowest BCUT2D eigenvalue weighted by molar-refractivity contribution is 0.262. The Bertz CT molecular complexity index is 1130. The molecule has 5 heteroatoms. The number of aromatic amines is 1. The average molecular weight is 434 g/mol. The number of carbonyl (C=O) groups excluding carboxylic acids is 1. The highest BCUT2D eigenvalue weighted by Gasteiger charge is 2.15. The molecule has 4 rings (SSSR count). The van der Waals surface area contributed by atoms with Gasteiger partial charge >= 0.3 is 6.03 Å². The molecular formula is C23H20BrN3O. The highest BCUT2D eigenvalue weighted by molar-refractivity contribution is 9.10. The molecule has 4 aromatic rings. The van der Waals surface area contributed by atoms with Crippen LogP contribution in [0.2, 0.25) is 0 Å². The van der Waals surface area contributed by atoms with E-state index in [1.54, 1.807) is 0 Å². The van der Waals surface area contributed by atoms with Crippen molar-refractivity contribution in [1.82, 2.24) is 4.98 Å². The number of anilines is 2. The van der Waals surface area contributed by atoms with Crippen LogP contribution in [0.1, 0.15) is 12.5 Å². The maximum atomic E-state index is 12.7. The first-order valence-corrected chi connectivity index (χ1v) is 9.97. The zero-order chi connectivity index (χ0) is 19.5. The standard InChI is InChI=1S/C23H20BrN3O/c1-2-15-10-12-16(13-11-15)21-22(19-8-3-4-9-20(19)26-21)27-23(28)25-18-7-5-6-17(24)14-18/h3-14,26H,2H2,1H3,(H2,25,27,28). The number of aryl methyl sites for hydroxylation is 1. The van der Waals surface area contributed by atoms with E-state index in [-0.39, 0.29) is 6.03 Å². The molecule has 1 heterocycles. The van der Waals surface area contributed by atoms with Crippen molar-refractivity contribution in [2.75, 3.05) is 10.6 Å². The van der Waals surface area contributed by atoms with Gasteiger partial charge < -0.3 is 15.6 Å². The molecule has 140 valence electrons. The van der Waals surface area contributed by atoms with Crippen molar-refractivity contribution in [3.8, 4) is 11.3 Å². The van der Waals surface area contributed by atoms with E-state index in [2.05, 4.69) is 62.7 Å². The van der Waals surface area contributed by atoms with E-state index in [1.807, 2.05) is 48.5 Å². The van der Waals surface area contributed by atoms with Crippen molar-refractivity contribution >= 4 is 44.2 Å². The van der Waals surface area contributed by atoms with E-state index in [1.165, 1.54) is 5.56 Å². The monoisotopic (exact) mass is 433 g/mol. The Hall–Kier alpha value is -3.05. The van der Waals surface area contributed by atoms with Gasteiger partial charge in [0.1, 0.15) is 0 Å². The van der Waals surface area contributed by atoms with Crippen molar-refractivity contribution in [3.63, 3.8) is 0 Å². The van der Waals surface area contributed by atoms with Gasteiger partial charge in [-0.05, 0) is 36.2 Å². The van der Waals surface area contributed by atoms with Crippen LogP contribution in [0.5, 0.6) is 0 Å². The Balaban J connectivity index is 1.69. The van der Waals surface area contributed by atoms with Crippen LogP contribution in [0.4, 0.5) is 16.2 Å². The summed E-state index contributed by atoms with van der Waals surface area (Å²) in [7, 11) is 0. The fraction of sp³-hybridized carbons (Fsp3) is 0.0870. The van der Waals surface area contributed by atoms with Crippen molar-refractivity contribution < 1.29 is 4.79 Å². The molecule has 0 aliphatic carbocycles. The van der Waals surface area contributed by atoms with Crippen molar-refractivity contribution in [1.29, 1.82) is 0 Å². The van der Waals surface area contributed by atoms with Crippen LogP contribution in [0.15, 0.2) is 77.3 Å². The fourth-order valence-electron chi connectivity index (χ4n) is 3.24. The lowest BCUT2D eigenvalue weighted by Gasteiger charge is -2.10. The second-order valence-electron chi connectivity index (χ2n) is 6.56. The molecule has 1 aromatic heterocycles. The van der Waals surface area contributed by atoms with Gasteiger partial charge in [-0.15, -0.1) is 0 Å². The normalized spacial score (nSPS) is 10.8. The highest BCUT2D eigenvalue weighted by atomic mass is 79.9. The van der Waals surface area contributed by atoms with Gasteiger partial charge in [0, 0.05) is 26.6 Å². The quantitative estimate of drug-likeness (QED) is 0.325. The van der Waals surface area contributed by atoms with Gasteiger partial charge in [0.2, 0.25) is 0 Å². The molecule has 2 amide bonds. The Morgan fingerprint density at radius 2 is 1.75 bits per heavy atom. The van der Waals surface area contributed by atoms with Crippen LogP contribution in [0, 0.1) is 0 Å². The van der Waals surface area contributed by atoms with E-state index in [9.17, 15) is 4.79 Å². The number of hydrogen-bond acceptors (Lipinski definition) is 1. The smallest absolute Gasteiger partial charge is 0.323 e. The van der Waals surface area contributed by atoms with Gasteiger partial charge in [-0.25, -0.2) is 4.79 Å². The molecule has 0 spiro atoms. The van der Waals surface area contributed by atoms with Crippen LogP contribution < -0.4 is 10.6 Å². The second-order valence-corrected chi connectivity index (χ2v) is 7.48. The summed E-state index contributed by atoms with van der Waals surface area (Å²) in [6.45, 7) is 2.14. The van der Waals surface area contributed by atoms with E-state index >= 15 is 0 Å². The number of carbonyl (C=O) groups is 1. The highest BCUT2D eigenvalue weighted by Crippen LogP contribution is 2.35. The number of rotatable bonds is 4. The third-order valence-electron chi connectivity index (χ3n) is 4.68. The molecule has 4 nitrogen and oxygen atoms in total. The minimum Gasteiger partial charge on any atom is -0.353 e. The molecule has 0 saturated heterocycles. The molecular weight excluding hydrogens is 414 g/mol. The molecule has 3 N–H and O–H groups in total. The number of hydrogen-bond donors (Lipinski definition) is 3. The summed E-state index contributed by atoms with van der Waals surface area (Å²) in [6.07, 6.45) is 0.993. The molecule has 0 aliphatic heterocycles. The topological polar surface area (TPSA) is 56.9 Å². The Labute approximate surface area is 172 Å². The lowest BCUT2D eigenvalue weighted by atomic mass is 10.1. The first kappa shape index (κ1) is 18.3. The fourth-order valence-corrected chi connectivity index (χ4v) is 3.64. The number of fused-ring (bicyclic) bond motifs is 1. The largest absolute Gasteiger partial charge is 0.353 e. The van der Waals surface area contributed by atoms with Crippen LogP contribution >= 0.6 is 15.9 Å². The second kappa shape index (κ2) is 7.90. The summed E-state index contributed by atoms with van der Waals surface area (Å²) in [4.78, 5) is 16.1. The minimum atomic E-state index is -0.283. The average Bonchev–Trinajstić information content (AvgIpc) is 3.06. The summed E-state index contributed by atoms with van der Waals surface area (Å²) in [5.74, 6) is 0. The zero-order valence-electron chi connectivity index (χ0n) is 15.4. The van der Waals surface area contributed by atoms with Crippen molar-refractivity contribution in [2.45, 2.75) is 13.3 Å². The molecule has 0 atom stereocenters. The Morgan fingerprint density at radius 3 is 2.50 bits per heavy atom. The minimum absolute atomic E-state index is 0.283. The maximum absolute atomic E-state index is 12.7. The van der Waals surface area contributed by atoms with E-state index < -0.39 is 0 Å². The predicted molar refractivity (Wildman–Crippen MR) is 120 cm³/mol. The van der Waals surface area contributed by atoms with Gasteiger partial charge in [-0.2, -0.15) is 0 Å². The third-order valence-corrected chi connectivity index (χ3v) is 5.17. The first-order valence-electron chi connectivity index (χ1n) is 9.17. The Kier molecular flexibility index (Phi) is 5.17. The van der Waals surface area contributed by atoms with Gasteiger partial charge in [-0.1, -0.05) is 71.4 Å². The van der Waals surface area contributed by atoms with Gasteiger partial charge in [0.05, 0.1) is 11.4 Å². The molecule has 0 unspecified atom stereocenters. The molecule has 0 fully saturated rings. The number of para-hydroxylation sites is 1. The predicted octanol–water partition coefficient (Wildman–Crippen LogP) is 6.80. The number of urea groups is 1. The molecule has 0 bridgehead atoms. The van der Waals surface area contributed by atoms with Crippen LogP contribution in [-0.4, -0.2) is 11.0 Å². The third kappa shape index (κ3) is 3.80. The number of amides is 2. The van der Waals surface area contributed by atoms with Gasteiger partial charge in [0.25, 0.3) is 0 Å². The number of H-pyrrole nitrogens is 1. The molecule has 3 aromatic carbocycles. The number of benzene rings is 3.